The maximum absolute atomic E-state index is 12.4. The molecule has 0 saturated carbocycles. The lowest BCUT2D eigenvalue weighted by molar-refractivity contribution is -0.120. The first-order valence-electron chi connectivity index (χ1n) is 8.78. The third kappa shape index (κ3) is 4.53. The predicted molar refractivity (Wildman–Crippen MR) is 106 cm³/mol. The Kier molecular flexibility index (Phi) is 6.36. The van der Waals surface area contributed by atoms with Gasteiger partial charge in [-0.2, -0.15) is 0 Å². The van der Waals surface area contributed by atoms with Crippen LogP contribution in [0.15, 0.2) is 41.3 Å². The van der Waals surface area contributed by atoms with E-state index >= 15 is 0 Å². The van der Waals surface area contributed by atoms with E-state index in [1.165, 1.54) is 17.2 Å². The average molecular weight is 424 g/mol. The Balaban J connectivity index is 0.00000225. The van der Waals surface area contributed by atoms with E-state index in [1.807, 2.05) is 6.07 Å². The first-order chi connectivity index (χ1) is 13.0. The van der Waals surface area contributed by atoms with Crippen LogP contribution in [0.5, 0.6) is 0 Å². The standard InChI is InChI=1S/C19H21N3O4S.ClH/c23-19(21-7-13-1-2-14-8-20-9-16(14)5-13)10-22-27(24,25)18-4-3-15-11-26-12-17(15)6-18;/h1-6,20,22H,7-12H2,(H,21,23);1H. The first kappa shape index (κ1) is 20.8. The second-order valence-electron chi connectivity index (χ2n) is 6.73. The van der Waals surface area contributed by atoms with Gasteiger partial charge in [-0.1, -0.05) is 24.3 Å². The van der Waals surface area contributed by atoms with E-state index in [4.69, 9.17) is 4.74 Å². The van der Waals surface area contributed by atoms with Gasteiger partial charge in [0.1, 0.15) is 0 Å². The van der Waals surface area contributed by atoms with Gasteiger partial charge in [-0.25, -0.2) is 13.1 Å². The molecule has 28 heavy (non-hydrogen) atoms. The summed E-state index contributed by atoms with van der Waals surface area (Å²) in [7, 11) is -3.74. The zero-order valence-corrected chi connectivity index (χ0v) is 16.8. The molecule has 0 unspecified atom stereocenters. The Bertz CT molecular complexity index is 995. The molecule has 0 fully saturated rings. The molecular formula is C19H22ClN3O4S. The lowest BCUT2D eigenvalue weighted by Gasteiger charge is -2.09. The monoisotopic (exact) mass is 423 g/mol. The molecule has 0 radical (unpaired) electrons. The largest absolute Gasteiger partial charge is 0.372 e. The number of amides is 1. The number of carbonyl (C=O) groups is 1. The van der Waals surface area contributed by atoms with Gasteiger partial charge in [-0.15, -0.1) is 12.4 Å². The van der Waals surface area contributed by atoms with Gasteiger partial charge in [-0.05, 0) is 39.9 Å². The van der Waals surface area contributed by atoms with Crippen LogP contribution in [0.4, 0.5) is 0 Å². The minimum absolute atomic E-state index is 0. The fraction of sp³-hybridized carbons (Fsp3) is 0.316. The summed E-state index contributed by atoms with van der Waals surface area (Å²) in [6.07, 6.45) is 0. The van der Waals surface area contributed by atoms with Crippen molar-refractivity contribution in [3.8, 4) is 0 Å². The molecule has 0 aromatic heterocycles. The molecule has 0 saturated heterocycles. The number of sulfonamides is 1. The van der Waals surface area contributed by atoms with Crippen LogP contribution in [0, 0.1) is 0 Å². The summed E-state index contributed by atoms with van der Waals surface area (Å²) in [5.74, 6) is -0.373. The number of halogens is 1. The SMILES string of the molecule is Cl.O=C(CNS(=O)(=O)c1ccc2c(c1)COC2)NCc1ccc2c(c1)CNC2. The molecule has 0 bridgehead atoms. The first-order valence-corrected chi connectivity index (χ1v) is 10.3. The van der Waals surface area contributed by atoms with Crippen LogP contribution in [0.2, 0.25) is 0 Å². The number of fused-ring (bicyclic) bond motifs is 2. The highest BCUT2D eigenvalue weighted by Crippen LogP contribution is 2.23. The Labute approximate surface area is 170 Å². The fourth-order valence-electron chi connectivity index (χ4n) is 3.28. The molecule has 0 spiro atoms. The topological polar surface area (TPSA) is 96.5 Å². The predicted octanol–water partition coefficient (Wildman–Crippen LogP) is 1.34. The van der Waals surface area contributed by atoms with E-state index in [2.05, 4.69) is 27.5 Å². The van der Waals surface area contributed by atoms with Crippen LogP contribution in [0.25, 0.3) is 0 Å². The number of hydrogen-bond acceptors (Lipinski definition) is 5. The van der Waals surface area contributed by atoms with Crippen molar-refractivity contribution in [3.05, 3.63) is 64.2 Å². The summed E-state index contributed by atoms with van der Waals surface area (Å²) >= 11 is 0. The van der Waals surface area contributed by atoms with Crippen molar-refractivity contribution in [2.24, 2.45) is 0 Å². The molecule has 4 rings (SSSR count). The molecule has 2 heterocycles. The van der Waals surface area contributed by atoms with Crippen molar-refractivity contribution in [1.29, 1.82) is 0 Å². The molecular weight excluding hydrogens is 402 g/mol. The maximum atomic E-state index is 12.4. The van der Waals surface area contributed by atoms with E-state index in [-0.39, 0.29) is 29.8 Å². The Morgan fingerprint density at radius 3 is 2.61 bits per heavy atom. The van der Waals surface area contributed by atoms with E-state index in [0.29, 0.717) is 19.8 Å². The summed E-state index contributed by atoms with van der Waals surface area (Å²) in [5.41, 5.74) is 5.37. The second-order valence-corrected chi connectivity index (χ2v) is 8.50. The lowest BCUT2D eigenvalue weighted by Crippen LogP contribution is -2.36. The number of rotatable bonds is 6. The quantitative estimate of drug-likeness (QED) is 0.651. The number of ether oxygens (including phenoxy) is 1. The summed E-state index contributed by atoms with van der Waals surface area (Å²) < 4.78 is 32.5. The molecule has 0 atom stereocenters. The Hall–Kier alpha value is -1.97. The maximum Gasteiger partial charge on any atom is 0.241 e. The van der Waals surface area contributed by atoms with E-state index in [0.717, 1.165) is 29.8 Å². The molecule has 3 N–H and O–H groups in total. The molecule has 2 aromatic rings. The van der Waals surface area contributed by atoms with Crippen LogP contribution in [0.3, 0.4) is 0 Å². The van der Waals surface area contributed by atoms with Crippen molar-refractivity contribution in [1.82, 2.24) is 15.4 Å². The molecule has 2 aliphatic heterocycles. The molecule has 150 valence electrons. The number of carbonyl (C=O) groups excluding carboxylic acids is 1. The van der Waals surface area contributed by atoms with Gasteiger partial charge in [-0.3, -0.25) is 4.79 Å². The van der Waals surface area contributed by atoms with Gasteiger partial charge in [0.2, 0.25) is 15.9 Å². The fourth-order valence-corrected chi connectivity index (χ4v) is 4.31. The van der Waals surface area contributed by atoms with Gasteiger partial charge in [0.25, 0.3) is 0 Å². The average Bonchev–Trinajstić information content (AvgIpc) is 3.32. The third-order valence-corrected chi connectivity index (χ3v) is 6.22. The van der Waals surface area contributed by atoms with E-state index in [1.54, 1.807) is 12.1 Å². The zero-order chi connectivity index (χ0) is 18.9. The second kappa shape index (κ2) is 8.59. The van der Waals surface area contributed by atoms with Crippen LogP contribution >= 0.6 is 12.4 Å². The third-order valence-electron chi connectivity index (χ3n) is 4.82. The minimum atomic E-state index is -3.74. The number of hydrogen-bond donors (Lipinski definition) is 3. The molecule has 0 aliphatic carbocycles. The molecule has 2 aliphatic rings. The molecule has 7 nitrogen and oxygen atoms in total. The van der Waals surface area contributed by atoms with Crippen LogP contribution in [-0.4, -0.2) is 20.9 Å². The van der Waals surface area contributed by atoms with Crippen molar-refractivity contribution < 1.29 is 17.9 Å². The highest BCUT2D eigenvalue weighted by molar-refractivity contribution is 7.89. The van der Waals surface area contributed by atoms with Crippen LogP contribution in [0.1, 0.15) is 27.8 Å². The summed E-state index contributed by atoms with van der Waals surface area (Å²) in [6.45, 7) is 2.69. The Morgan fingerprint density at radius 2 is 1.75 bits per heavy atom. The Morgan fingerprint density at radius 1 is 1.00 bits per heavy atom. The van der Waals surface area contributed by atoms with Gasteiger partial charge < -0.3 is 15.4 Å². The molecule has 9 heteroatoms. The highest BCUT2D eigenvalue weighted by atomic mass is 35.5. The van der Waals surface area contributed by atoms with Gasteiger partial charge in [0.05, 0.1) is 24.7 Å². The normalized spacial score (nSPS) is 14.9. The summed E-state index contributed by atoms with van der Waals surface area (Å²) in [5, 5.41) is 6.03. The van der Waals surface area contributed by atoms with Crippen molar-refractivity contribution in [2.45, 2.75) is 37.7 Å². The van der Waals surface area contributed by atoms with Gasteiger partial charge in [0, 0.05) is 19.6 Å². The summed E-state index contributed by atoms with van der Waals surface area (Å²) in [6, 6.07) is 11.0. The molecule has 2 aromatic carbocycles. The molecule has 1 amide bonds. The number of nitrogens with one attached hydrogen (secondary N) is 3. The van der Waals surface area contributed by atoms with Crippen LogP contribution < -0.4 is 15.4 Å². The lowest BCUT2D eigenvalue weighted by atomic mass is 10.1. The highest BCUT2D eigenvalue weighted by Gasteiger charge is 2.19. The van der Waals surface area contributed by atoms with Crippen molar-refractivity contribution >= 4 is 28.3 Å². The smallest absolute Gasteiger partial charge is 0.241 e. The van der Waals surface area contributed by atoms with Gasteiger partial charge in [0.15, 0.2) is 0 Å². The number of benzene rings is 2. The zero-order valence-electron chi connectivity index (χ0n) is 15.2. The van der Waals surface area contributed by atoms with Gasteiger partial charge >= 0.3 is 0 Å². The van der Waals surface area contributed by atoms with Crippen molar-refractivity contribution in [3.63, 3.8) is 0 Å². The minimum Gasteiger partial charge on any atom is -0.372 e. The van der Waals surface area contributed by atoms with Crippen molar-refractivity contribution in [2.75, 3.05) is 6.54 Å². The van der Waals surface area contributed by atoms with Crippen LogP contribution in [-0.2, 0) is 52.4 Å². The summed E-state index contributed by atoms with van der Waals surface area (Å²) in [4.78, 5) is 12.2. The van der Waals surface area contributed by atoms with E-state index < -0.39 is 10.0 Å². The van der Waals surface area contributed by atoms with E-state index in [9.17, 15) is 13.2 Å².